The molecule has 22 heavy (non-hydrogen) atoms. The second kappa shape index (κ2) is 6.14. The van der Waals surface area contributed by atoms with Crippen LogP contribution in [0.4, 0.5) is 5.95 Å². The highest BCUT2D eigenvalue weighted by molar-refractivity contribution is 5.27. The van der Waals surface area contributed by atoms with Crippen LogP contribution in [-0.2, 0) is 6.54 Å². The summed E-state index contributed by atoms with van der Waals surface area (Å²) in [5, 5.41) is 6.71. The van der Waals surface area contributed by atoms with Gasteiger partial charge in [-0.25, -0.2) is 9.89 Å². The van der Waals surface area contributed by atoms with Crippen molar-refractivity contribution in [3.63, 3.8) is 0 Å². The first-order valence-corrected chi connectivity index (χ1v) is 7.27. The number of hydrogen-bond donors (Lipinski definition) is 2. The molecule has 0 radical (unpaired) electrons. The van der Waals surface area contributed by atoms with Gasteiger partial charge in [-0.3, -0.25) is 14.3 Å². The summed E-state index contributed by atoms with van der Waals surface area (Å²) >= 11 is 0. The van der Waals surface area contributed by atoms with E-state index in [-0.39, 0.29) is 11.2 Å². The maximum atomic E-state index is 11.8. The second-order valence-corrected chi connectivity index (χ2v) is 5.39. The Balaban J connectivity index is 1.56. The number of H-pyrrole nitrogens is 2. The molecular weight excluding hydrogens is 286 g/mol. The molecule has 9 heteroatoms. The molecule has 1 saturated heterocycles. The molecule has 2 aromatic rings. The Kier molecular flexibility index (Phi) is 4.05. The van der Waals surface area contributed by atoms with Gasteiger partial charge in [0.2, 0.25) is 5.95 Å². The molecule has 1 aliphatic heterocycles. The zero-order valence-corrected chi connectivity index (χ0v) is 12.4. The second-order valence-electron chi connectivity index (χ2n) is 5.39. The predicted molar refractivity (Wildman–Crippen MR) is 81.1 cm³/mol. The summed E-state index contributed by atoms with van der Waals surface area (Å²) in [5.41, 5.74) is -0.00114. The van der Waals surface area contributed by atoms with Gasteiger partial charge in [-0.15, -0.1) is 0 Å². The minimum atomic E-state index is -0.342. The van der Waals surface area contributed by atoms with Crippen LogP contribution in [0.1, 0.15) is 5.69 Å². The van der Waals surface area contributed by atoms with E-state index in [4.69, 9.17) is 0 Å². The summed E-state index contributed by atoms with van der Waals surface area (Å²) in [6.07, 6.45) is 1.50. The zero-order valence-electron chi connectivity index (χ0n) is 12.4. The number of anilines is 1. The molecule has 0 saturated carbocycles. The Morgan fingerprint density at radius 1 is 1.18 bits per heavy atom. The standard InChI is InChI=1S/C13H19N7O2/c1-10-8-11(21)20(13(22)16-10)7-4-18-2-5-19(6-3-18)12-14-9-15-17-12/h8-9H,2-7H2,1H3,(H,16,22)(H,14,15,17). The van der Waals surface area contributed by atoms with Crippen molar-refractivity contribution in [2.24, 2.45) is 0 Å². The summed E-state index contributed by atoms with van der Waals surface area (Å²) < 4.78 is 1.25. The first kappa shape index (κ1) is 14.5. The van der Waals surface area contributed by atoms with Crippen LogP contribution < -0.4 is 16.1 Å². The third-order valence-corrected chi connectivity index (χ3v) is 3.87. The fraction of sp³-hybridized carbons (Fsp3) is 0.538. The highest BCUT2D eigenvalue weighted by Gasteiger charge is 2.18. The van der Waals surface area contributed by atoms with Crippen LogP contribution >= 0.6 is 0 Å². The maximum absolute atomic E-state index is 11.8. The lowest BCUT2D eigenvalue weighted by molar-refractivity contribution is 0.244. The van der Waals surface area contributed by atoms with E-state index in [1.54, 1.807) is 6.92 Å². The molecule has 0 unspecified atom stereocenters. The van der Waals surface area contributed by atoms with Crippen molar-refractivity contribution >= 4 is 5.95 Å². The van der Waals surface area contributed by atoms with Gasteiger partial charge in [-0.05, 0) is 6.92 Å². The van der Waals surface area contributed by atoms with Crippen LogP contribution in [0.2, 0.25) is 0 Å². The Morgan fingerprint density at radius 2 is 1.95 bits per heavy atom. The lowest BCUT2D eigenvalue weighted by Crippen LogP contribution is -2.48. The maximum Gasteiger partial charge on any atom is 0.328 e. The van der Waals surface area contributed by atoms with E-state index in [1.807, 2.05) is 0 Å². The van der Waals surface area contributed by atoms with Crippen LogP contribution in [0, 0.1) is 6.92 Å². The summed E-state index contributed by atoms with van der Waals surface area (Å²) in [6, 6.07) is 1.45. The molecule has 9 nitrogen and oxygen atoms in total. The number of nitrogens with one attached hydrogen (secondary N) is 2. The Hall–Kier alpha value is -2.42. The molecule has 0 bridgehead atoms. The largest absolute Gasteiger partial charge is 0.339 e. The quantitative estimate of drug-likeness (QED) is 0.734. The fourth-order valence-electron chi connectivity index (χ4n) is 2.62. The van der Waals surface area contributed by atoms with Gasteiger partial charge in [-0.2, -0.15) is 10.1 Å². The van der Waals surface area contributed by atoms with Crippen molar-refractivity contribution in [2.75, 3.05) is 37.6 Å². The van der Waals surface area contributed by atoms with Crippen LogP contribution in [0.25, 0.3) is 0 Å². The number of hydrogen-bond acceptors (Lipinski definition) is 6. The number of aromatic amines is 2. The van der Waals surface area contributed by atoms with Gasteiger partial charge in [0.25, 0.3) is 5.56 Å². The molecule has 1 aliphatic rings. The summed E-state index contributed by atoms with van der Waals surface area (Å²) in [6.45, 7) is 6.18. The van der Waals surface area contributed by atoms with Crippen LogP contribution in [0.3, 0.4) is 0 Å². The van der Waals surface area contributed by atoms with Gasteiger partial charge in [0.15, 0.2) is 0 Å². The van der Waals surface area contributed by atoms with Crippen molar-refractivity contribution in [3.05, 3.63) is 38.9 Å². The highest BCUT2D eigenvalue weighted by atomic mass is 16.2. The third kappa shape index (κ3) is 3.08. The molecule has 3 rings (SSSR count). The van der Waals surface area contributed by atoms with Gasteiger partial charge in [-0.1, -0.05) is 0 Å². The normalized spacial score (nSPS) is 16.1. The molecule has 118 valence electrons. The molecule has 0 aromatic carbocycles. The van der Waals surface area contributed by atoms with Gasteiger partial charge in [0, 0.05) is 51.0 Å². The van der Waals surface area contributed by atoms with Gasteiger partial charge in [0.1, 0.15) is 6.33 Å². The molecule has 0 spiro atoms. The van der Waals surface area contributed by atoms with E-state index in [2.05, 4.69) is 30.0 Å². The van der Waals surface area contributed by atoms with E-state index in [0.717, 1.165) is 32.1 Å². The minimum Gasteiger partial charge on any atom is -0.339 e. The molecule has 3 heterocycles. The Morgan fingerprint density at radius 3 is 2.59 bits per heavy atom. The van der Waals surface area contributed by atoms with Gasteiger partial charge < -0.3 is 9.88 Å². The topological polar surface area (TPSA) is 103 Å². The van der Waals surface area contributed by atoms with Crippen molar-refractivity contribution in [1.82, 2.24) is 29.6 Å². The van der Waals surface area contributed by atoms with E-state index < -0.39 is 0 Å². The first-order chi connectivity index (χ1) is 10.6. The average Bonchev–Trinajstić information content (AvgIpc) is 3.01. The molecule has 0 amide bonds. The Labute approximate surface area is 126 Å². The molecule has 0 atom stereocenters. The molecule has 2 aromatic heterocycles. The first-order valence-electron chi connectivity index (χ1n) is 7.27. The van der Waals surface area contributed by atoms with Gasteiger partial charge in [0.05, 0.1) is 0 Å². The highest BCUT2D eigenvalue weighted by Crippen LogP contribution is 2.08. The lowest BCUT2D eigenvalue weighted by atomic mass is 10.3. The Bertz CT molecular complexity index is 694. The number of aromatic nitrogens is 5. The third-order valence-electron chi connectivity index (χ3n) is 3.87. The number of piperazine rings is 1. The van der Waals surface area contributed by atoms with Crippen LogP contribution in [0.5, 0.6) is 0 Å². The monoisotopic (exact) mass is 305 g/mol. The van der Waals surface area contributed by atoms with Crippen molar-refractivity contribution in [3.8, 4) is 0 Å². The van der Waals surface area contributed by atoms with Gasteiger partial charge >= 0.3 is 5.69 Å². The van der Waals surface area contributed by atoms with Crippen LogP contribution in [0.15, 0.2) is 22.0 Å². The van der Waals surface area contributed by atoms with Crippen molar-refractivity contribution in [1.29, 1.82) is 0 Å². The average molecular weight is 305 g/mol. The predicted octanol–water partition coefficient (Wildman–Crippen LogP) is -1.21. The van der Waals surface area contributed by atoms with E-state index in [1.165, 1.54) is 17.0 Å². The number of rotatable bonds is 4. The summed E-state index contributed by atoms with van der Waals surface area (Å²) in [5.74, 6) is 0.783. The van der Waals surface area contributed by atoms with E-state index in [0.29, 0.717) is 18.8 Å². The summed E-state index contributed by atoms with van der Waals surface area (Å²) in [7, 11) is 0. The molecular formula is C13H19N7O2. The van der Waals surface area contributed by atoms with E-state index >= 15 is 0 Å². The number of aryl methyl sites for hydroxylation is 1. The molecule has 2 N–H and O–H groups in total. The van der Waals surface area contributed by atoms with Crippen molar-refractivity contribution in [2.45, 2.75) is 13.5 Å². The molecule has 1 fully saturated rings. The van der Waals surface area contributed by atoms with Crippen LogP contribution in [-0.4, -0.2) is 62.4 Å². The van der Waals surface area contributed by atoms with E-state index in [9.17, 15) is 9.59 Å². The summed E-state index contributed by atoms with van der Waals surface area (Å²) in [4.78, 5) is 34.8. The SMILES string of the molecule is Cc1cc(=O)n(CCN2CCN(c3ncn[nH]3)CC2)c(=O)[nH]1. The number of nitrogens with zero attached hydrogens (tertiary/aromatic N) is 5. The minimum absolute atomic E-state index is 0.249. The fourth-order valence-corrected chi connectivity index (χ4v) is 2.62. The molecule has 0 aliphatic carbocycles. The lowest BCUT2D eigenvalue weighted by Gasteiger charge is -2.34. The zero-order chi connectivity index (χ0) is 15.5. The van der Waals surface area contributed by atoms with Crippen molar-refractivity contribution < 1.29 is 0 Å². The smallest absolute Gasteiger partial charge is 0.328 e.